The van der Waals surface area contributed by atoms with Gasteiger partial charge in [-0.05, 0) is 18.2 Å². The number of ether oxygens (including phenoxy) is 4. The van der Waals surface area contributed by atoms with E-state index < -0.39 is 5.92 Å². The molecule has 1 atom stereocenters. The number of carbonyl (C=O) groups excluding carboxylic acids is 1. The maximum atomic E-state index is 13.1. The lowest BCUT2D eigenvalue weighted by Gasteiger charge is -2.28. The van der Waals surface area contributed by atoms with Crippen molar-refractivity contribution in [3.8, 4) is 34.5 Å². The standard InChI is InChI=1S/C19H14O7/c20-12-5-16-15(25-8-26-16)4-10(12)11-7-24-19-9-2-1-3-23-14(9)6-13(21)17(19)18(11)22/h1-2,4-6,11,20-21H,3,7-8H2/t11-/m1/s1. The summed E-state index contributed by atoms with van der Waals surface area (Å²) in [5.41, 5.74) is 1.09. The van der Waals surface area contributed by atoms with Crippen LogP contribution in [0, 0.1) is 0 Å². The van der Waals surface area contributed by atoms with E-state index in [0.717, 1.165) is 0 Å². The number of hydrogen-bond acceptors (Lipinski definition) is 7. The first-order chi connectivity index (χ1) is 12.6. The van der Waals surface area contributed by atoms with Crippen LogP contribution in [0.4, 0.5) is 0 Å². The summed E-state index contributed by atoms with van der Waals surface area (Å²) in [6.07, 6.45) is 3.62. The Bertz CT molecular complexity index is 977. The van der Waals surface area contributed by atoms with Gasteiger partial charge in [-0.3, -0.25) is 4.79 Å². The van der Waals surface area contributed by atoms with E-state index in [2.05, 4.69) is 0 Å². The average Bonchev–Trinajstić information content (AvgIpc) is 3.08. The summed E-state index contributed by atoms with van der Waals surface area (Å²) in [7, 11) is 0. The quantitative estimate of drug-likeness (QED) is 0.813. The van der Waals surface area contributed by atoms with E-state index in [1.165, 1.54) is 12.1 Å². The van der Waals surface area contributed by atoms with Crippen molar-refractivity contribution in [2.24, 2.45) is 0 Å². The summed E-state index contributed by atoms with van der Waals surface area (Å²) in [5, 5.41) is 20.7. The van der Waals surface area contributed by atoms with Crippen LogP contribution in [0.5, 0.6) is 34.5 Å². The molecule has 0 saturated carbocycles. The van der Waals surface area contributed by atoms with Crippen LogP contribution in [-0.2, 0) is 0 Å². The van der Waals surface area contributed by atoms with Gasteiger partial charge in [-0.25, -0.2) is 0 Å². The van der Waals surface area contributed by atoms with Gasteiger partial charge in [-0.2, -0.15) is 0 Å². The molecule has 26 heavy (non-hydrogen) atoms. The summed E-state index contributed by atoms with van der Waals surface area (Å²) >= 11 is 0. The molecule has 0 saturated heterocycles. The van der Waals surface area contributed by atoms with Crippen molar-refractivity contribution in [2.75, 3.05) is 20.0 Å². The monoisotopic (exact) mass is 354 g/mol. The zero-order valence-electron chi connectivity index (χ0n) is 13.5. The second-order valence-electron chi connectivity index (χ2n) is 6.22. The Balaban J connectivity index is 1.61. The van der Waals surface area contributed by atoms with Gasteiger partial charge in [-0.15, -0.1) is 0 Å². The van der Waals surface area contributed by atoms with Gasteiger partial charge in [0.1, 0.15) is 41.8 Å². The fourth-order valence-corrected chi connectivity index (χ4v) is 3.48. The molecule has 0 aliphatic carbocycles. The first kappa shape index (κ1) is 14.9. The van der Waals surface area contributed by atoms with Crippen LogP contribution in [0.2, 0.25) is 0 Å². The summed E-state index contributed by atoms with van der Waals surface area (Å²) in [6, 6.07) is 4.41. The summed E-state index contributed by atoms with van der Waals surface area (Å²) < 4.78 is 21.9. The molecule has 7 nitrogen and oxygen atoms in total. The van der Waals surface area contributed by atoms with E-state index in [0.29, 0.717) is 40.7 Å². The fraction of sp³-hybridized carbons (Fsp3) is 0.211. The maximum Gasteiger partial charge on any atom is 0.231 e. The largest absolute Gasteiger partial charge is 0.507 e. The van der Waals surface area contributed by atoms with Gasteiger partial charge < -0.3 is 29.2 Å². The van der Waals surface area contributed by atoms with E-state index in [9.17, 15) is 15.0 Å². The number of ketones is 1. The fourth-order valence-electron chi connectivity index (χ4n) is 3.48. The predicted octanol–water partition coefficient (Wildman–Crippen LogP) is 2.59. The Kier molecular flexibility index (Phi) is 3.06. The summed E-state index contributed by atoms with van der Waals surface area (Å²) in [6.45, 7) is 0.491. The van der Waals surface area contributed by atoms with E-state index in [-0.39, 0.29) is 36.2 Å². The van der Waals surface area contributed by atoms with Crippen molar-refractivity contribution in [2.45, 2.75) is 5.92 Å². The molecule has 7 heteroatoms. The molecule has 0 bridgehead atoms. The lowest BCUT2D eigenvalue weighted by atomic mass is 9.86. The zero-order valence-corrected chi connectivity index (χ0v) is 13.5. The van der Waals surface area contributed by atoms with Crippen LogP contribution < -0.4 is 18.9 Å². The lowest BCUT2D eigenvalue weighted by Crippen LogP contribution is -2.27. The Hall–Kier alpha value is -3.35. The van der Waals surface area contributed by atoms with Gasteiger partial charge in [0.15, 0.2) is 17.3 Å². The van der Waals surface area contributed by atoms with E-state index in [1.807, 2.05) is 12.2 Å². The molecule has 3 heterocycles. The van der Waals surface area contributed by atoms with Crippen LogP contribution >= 0.6 is 0 Å². The Labute approximate surface area is 148 Å². The van der Waals surface area contributed by atoms with Crippen molar-refractivity contribution < 1.29 is 34.0 Å². The molecular weight excluding hydrogens is 340 g/mol. The number of carbonyl (C=O) groups is 1. The van der Waals surface area contributed by atoms with Crippen molar-refractivity contribution in [3.05, 3.63) is 41.0 Å². The molecule has 2 aromatic carbocycles. The Morgan fingerprint density at radius 1 is 0.923 bits per heavy atom. The van der Waals surface area contributed by atoms with Crippen molar-refractivity contribution in [3.63, 3.8) is 0 Å². The predicted molar refractivity (Wildman–Crippen MR) is 89.4 cm³/mol. The number of hydrogen-bond donors (Lipinski definition) is 2. The second kappa shape index (κ2) is 5.32. The van der Waals surface area contributed by atoms with Gasteiger partial charge >= 0.3 is 0 Å². The smallest absolute Gasteiger partial charge is 0.231 e. The van der Waals surface area contributed by atoms with Crippen LogP contribution in [0.1, 0.15) is 27.4 Å². The maximum absolute atomic E-state index is 13.1. The van der Waals surface area contributed by atoms with Crippen molar-refractivity contribution in [1.82, 2.24) is 0 Å². The highest BCUT2D eigenvalue weighted by Gasteiger charge is 2.37. The van der Waals surface area contributed by atoms with Gasteiger partial charge in [0, 0.05) is 17.7 Å². The number of Topliss-reactive ketones (excluding diaryl/α,β-unsaturated/α-hetero) is 1. The minimum atomic E-state index is -0.769. The number of aromatic hydroxyl groups is 2. The molecular formula is C19H14O7. The third kappa shape index (κ3) is 2.03. The molecule has 0 unspecified atom stereocenters. The first-order valence-electron chi connectivity index (χ1n) is 8.12. The van der Waals surface area contributed by atoms with Gasteiger partial charge in [0.25, 0.3) is 0 Å². The molecule has 2 N–H and O–H groups in total. The molecule has 0 aromatic heterocycles. The van der Waals surface area contributed by atoms with Crippen molar-refractivity contribution >= 4 is 11.9 Å². The number of fused-ring (bicyclic) bond motifs is 4. The van der Waals surface area contributed by atoms with Crippen LogP contribution in [-0.4, -0.2) is 36.0 Å². The molecule has 0 spiro atoms. The third-order valence-corrected chi connectivity index (χ3v) is 4.74. The molecule has 0 amide bonds. The highest BCUT2D eigenvalue weighted by molar-refractivity contribution is 6.08. The minimum absolute atomic E-state index is 0.0305. The van der Waals surface area contributed by atoms with E-state index in [1.54, 1.807) is 6.07 Å². The molecule has 2 aromatic rings. The normalized spacial score (nSPS) is 19.4. The highest BCUT2D eigenvalue weighted by atomic mass is 16.7. The molecule has 3 aliphatic heterocycles. The van der Waals surface area contributed by atoms with Gasteiger partial charge in [0.05, 0.1) is 11.5 Å². The van der Waals surface area contributed by atoms with Gasteiger partial charge in [0.2, 0.25) is 6.79 Å². The molecule has 132 valence electrons. The van der Waals surface area contributed by atoms with Crippen LogP contribution in [0.25, 0.3) is 6.08 Å². The number of phenols is 2. The third-order valence-electron chi connectivity index (χ3n) is 4.74. The molecule has 5 rings (SSSR count). The lowest BCUT2D eigenvalue weighted by molar-refractivity contribution is 0.0889. The van der Waals surface area contributed by atoms with Crippen molar-refractivity contribution in [1.29, 1.82) is 0 Å². The molecule has 0 radical (unpaired) electrons. The minimum Gasteiger partial charge on any atom is -0.507 e. The van der Waals surface area contributed by atoms with E-state index in [4.69, 9.17) is 18.9 Å². The molecule has 0 fully saturated rings. The SMILES string of the molecule is O=C1c2c(O)cc3c(c2OC[C@@H]1c1cc2c(cc1O)OCO2)C=CCO3. The highest BCUT2D eigenvalue weighted by Crippen LogP contribution is 2.48. The average molecular weight is 354 g/mol. The summed E-state index contributed by atoms with van der Waals surface area (Å²) in [4.78, 5) is 13.1. The topological polar surface area (TPSA) is 94.5 Å². The van der Waals surface area contributed by atoms with Crippen LogP contribution in [0.3, 0.4) is 0 Å². The van der Waals surface area contributed by atoms with Gasteiger partial charge in [-0.1, -0.05) is 0 Å². The number of phenolic OH excluding ortho intramolecular Hbond substituents is 2. The number of benzene rings is 2. The zero-order chi connectivity index (χ0) is 17.8. The first-order valence-corrected chi connectivity index (χ1v) is 8.12. The second-order valence-corrected chi connectivity index (χ2v) is 6.22. The molecule has 3 aliphatic rings. The van der Waals surface area contributed by atoms with E-state index >= 15 is 0 Å². The van der Waals surface area contributed by atoms with Crippen LogP contribution in [0.15, 0.2) is 24.3 Å². The number of rotatable bonds is 1. The Morgan fingerprint density at radius 3 is 2.54 bits per heavy atom. The summed E-state index contributed by atoms with van der Waals surface area (Å²) in [5.74, 6) is 0.272. The Morgan fingerprint density at radius 2 is 1.69 bits per heavy atom.